The smallest absolute Gasteiger partial charge is 0.393 e. The van der Waals surface area contributed by atoms with E-state index in [9.17, 15) is 40.6 Å². The fourth-order valence-electron chi connectivity index (χ4n) is 6.46. The van der Waals surface area contributed by atoms with Crippen molar-refractivity contribution in [2.24, 2.45) is 0 Å². The number of hydrogen-bond donors (Lipinski definition) is 1. The maximum atomic E-state index is 13.8. The van der Waals surface area contributed by atoms with E-state index in [2.05, 4.69) is 4.90 Å². The molecule has 0 aromatic heterocycles. The first-order chi connectivity index (χ1) is 19.2. The Morgan fingerprint density at radius 1 is 0.951 bits per heavy atom. The highest BCUT2D eigenvalue weighted by Gasteiger charge is 2.50. The van der Waals surface area contributed by atoms with Crippen molar-refractivity contribution in [3.8, 4) is 0 Å². The van der Waals surface area contributed by atoms with Gasteiger partial charge in [-0.1, -0.05) is 12.1 Å². The van der Waals surface area contributed by atoms with Crippen molar-refractivity contribution in [3.05, 3.63) is 70.5 Å². The van der Waals surface area contributed by atoms with Crippen LogP contribution in [-0.4, -0.2) is 64.7 Å². The van der Waals surface area contributed by atoms with Gasteiger partial charge in [0.15, 0.2) is 0 Å². The summed E-state index contributed by atoms with van der Waals surface area (Å²) in [7, 11) is 0. The second-order valence-electron chi connectivity index (χ2n) is 11.2. The molecule has 5 nitrogen and oxygen atoms in total. The Morgan fingerprint density at radius 2 is 1.54 bits per heavy atom. The predicted molar refractivity (Wildman–Crippen MR) is 134 cm³/mol. The number of carbonyl (C=O) groups excluding carboxylic acids is 1. The quantitative estimate of drug-likeness (QED) is 0.441. The highest BCUT2D eigenvalue weighted by atomic mass is 19.4. The van der Waals surface area contributed by atoms with Crippen molar-refractivity contribution in [1.82, 2.24) is 9.80 Å². The Bertz CT molecular complexity index is 1210. The monoisotopic (exact) mass is 588 g/mol. The minimum atomic E-state index is -4.99. The summed E-state index contributed by atoms with van der Waals surface area (Å²) in [6, 6.07) is 6.62. The van der Waals surface area contributed by atoms with Crippen LogP contribution in [0.2, 0.25) is 0 Å². The van der Waals surface area contributed by atoms with Crippen LogP contribution in [0, 0.1) is 5.82 Å². The van der Waals surface area contributed by atoms with Gasteiger partial charge in [0.2, 0.25) is 5.91 Å². The average molecular weight is 589 g/mol. The van der Waals surface area contributed by atoms with Crippen molar-refractivity contribution in [3.63, 3.8) is 0 Å². The van der Waals surface area contributed by atoms with E-state index >= 15 is 0 Å². The van der Waals surface area contributed by atoms with Crippen LogP contribution in [0.5, 0.6) is 0 Å². The molecular formula is C29H31F7N2O3. The average Bonchev–Trinajstić information content (AvgIpc) is 3.26. The van der Waals surface area contributed by atoms with Gasteiger partial charge in [0.1, 0.15) is 5.82 Å². The fraction of sp³-hybridized carbons (Fsp3) is 0.552. The molecule has 2 aromatic carbocycles. The molecule has 0 bridgehead atoms. The summed E-state index contributed by atoms with van der Waals surface area (Å²) in [6.45, 7) is 2.77. The number of carbonyl (C=O) groups is 1. The second-order valence-corrected chi connectivity index (χ2v) is 11.2. The predicted octanol–water partition coefficient (Wildman–Crippen LogP) is 5.92. The molecule has 3 heterocycles. The van der Waals surface area contributed by atoms with Crippen LogP contribution in [0.15, 0.2) is 42.5 Å². The van der Waals surface area contributed by atoms with Crippen LogP contribution < -0.4 is 0 Å². The van der Waals surface area contributed by atoms with Crippen LogP contribution in [-0.2, 0) is 21.9 Å². The molecule has 0 radical (unpaired) electrons. The zero-order valence-corrected chi connectivity index (χ0v) is 22.3. The highest BCUT2D eigenvalue weighted by molar-refractivity contribution is 5.79. The number of nitrogens with zero attached hydrogens (tertiary/aromatic N) is 2. The van der Waals surface area contributed by atoms with E-state index in [1.165, 1.54) is 19.1 Å². The van der Waals surface area contributed by atoms with E-state index < -0.39 is 47.4 Å². The lowest BCUT2D eigenvalue weighted by atomic mass is 9.83. The third-order valence-electron chi connectivity index (χ3n) is 8.56. The molecule has 1 amide bonds. The van der Waals surface area contributed by atoms with Gasteiger partial charge >= 0.3 is 12.4 Å². The largest absolute Gasteiger partial charge is 0.416 e. The number of hydrogen-bond acceptors (Lipinski definition) is 4. The second kappa shape index (κ2) is 11.2. The zero-order valence-electron chi connectivity index (χ0n) is 22.3. The third kappa shape index (κ3) is 6.39. The summed E-state index contributed by atoms with van der Waals surface area (Å²) in [5, 5.41) is 9.90. The van der Waals surface area contributed by atoms with Crippen LogP contribution in [0.4, 0.5) is 30.7 Å². The van der Waals surface area contributed by atoms with Gasteiger partial charge in [-0.2, -0.15) is 26.3 Å². The maximum Gasteiger partial charge on any atom is 0.416 e. The first kappa shape index (κ1) is 29.8. The molecule has 0 spiro atoms. The van der Waals surface area contributed by atoms with Crippen molar-refractivity contribution in [2.45, 2.75) is 81.3 Å². The molecular weight excluding hydrogens is 557 g/mol. The van der Waals surface area contributed by atoms with Crippen molar-refractivity contribution < 1.29 is 45.4 Å². The number of piperidine rings is 2. The van der Waals surface area contributed by atoms with Crippen molar-refractivity contribution in [2.75, 3.05) is 19.6 Å². The number of aliphatic hydroxyl groups is 1. The summed E-state index contributed by atoms with van der Waals surface area (Å²) in [5.74, 6) is -1.07. The van der Waals surface area contributed by atoms with E-state index in [1.54, 1.807) is 17.0 Å². The van der Waals surface area contributed by atoms with E-state index in [-0.39, 0.29) is 48.7 Å². The number of likely N-dealkylation sites (tertiary alicyclic amines) is 1. The molecule has 5 atom stereocenters. The summed E-state index contributed by atoms with van der Waals surface area (Å²) < 4.78 is 101. The van der Waals surface area contributed by atoms with Gasteiger partial charge in [-0.05, 0) is 67.6 Å². The molecule has 224 valence electrons. The van der Waals surface area contributed by atoms with Gasteiger partial charge in [-0.3, -0.25) is 9.69 Å². The number of rotatable bonds is 5. The summed E-state index contributed by atoms with van der Waals surface area (Å²) >= 11 is 0. The van der Waals surface area contributed by atoms with Crippen LogP contribution in [0.25, 0.3) is 0 Å². The molecule has 41 heavy (non-hydrogen) atoms. The Labute approximate surface area is 232 Å². The fourth-order valence-corrected chi connectivity index (χ4v) is 6.46. The number of amides is 1. The van der Waals surface area contributed by atoms with Crippen molar-refractivity contribution >= 4 is 5.91 Å². The van der Waals surface area contributed by atoms with Gasteiger partial charge in [0.05, 0.1) is 29.4 Å². The number of fused-ring (bicyclic) bond motifs is 1. The van der Waals surface area contributed by atoms with Gasteiger partial charge in [-0.15, -0.1) is 0 Å². The number of benzene rings is 2. The molecule has 3 unspecified atom stereocenters. The van der Waals surface area contributed by atoms with E-state index in [1.807, 2.05) is 0 Å². The molecule has 0 aliphatic carbocycles. The van der Waals surface area contributed by atoms with Gasteiger partial charge < -0.3 is 14.7 Å². The third-order valence-corrected chi connectivity index (χ3v) is 8.56. The number of alkyl halides is 6. The Balaban J connectivity index is 1.45. The topological polar surface area (TPSA) is 53.0 Å². The van der Waals surface area contributed by atoms with E-state index in [4.69, 9.17) is 4.74 Å². The van der Waals surface area contributed by atoms with Crippen LogP contribution in [0.3, 0.4) is 0 Å². The summed E-state index contributed by atoms with van der Waals surface area (Å²) in [4.78, 5) is 17.2. The van der Waals surface area contributed by atoms with Gasteiger partial charge in [0.25, 0.3) is 0 Å². The number of halogens is 7. The molecule has 3 aliphatic heterocycles. The SMILES string of the molecule is C[C@@H](O[C@H]1CN2C(=O)CC(N3CCC(O)CC3)CC2C1c1ccc(F)cc1)c1cc(C(F)(F)F)cc(C(F)(F)F)c1. The Kier molecular flexibility index (Phi) is 8.12. The molecule has 1 N–H and O–H groups in total. The number of ether oxygens (including phenoxy) is 1. The molecule has 5 rings (SSSR count). The standard InChI is InChI=1S/C29H31F7N2O3/c1-16(18-10-19(28(31,32)33)12-20(11-18)29(34,35)36)41-25-15-38-24(27(25)17-2-4-21(30)5-3-17)13-22(14-26(38)40)37-8-6-23(39)7-9-37/h2-5,10-12,16,22-25,27,39H,6-9,13-15H2,1H3/t16-,22?,24?,25+,27?/m1/s1. The lowest BCUT2D eigenvalue weighted by Gasteiger charge is -2.43. The zero-order chi connectivity index (χ0) is 29.7. The molecule has 2 aromatic rings. The molecule has 12 heteroatoms. The molecule has 0 saturated carbocycles. The molecule has 3 fully saturated rings. The minimum Gasteiger partial charge on any atom is -0.393 e. The first-order valence-corrected chi connectivity index (χ1v) is 13.6. The van der Waals surface area contributed by atoms with Crippen LogP contribution in [0.1, 0.15) is 66.9 Å². The highest BCUT2D eigenvalue weighted by Crippen LogP contribution is 2.44. The van der Waals surface area contributed by atoms with Gasteiger partial charge in [0, 0.05) is 44.1 Å². The van der Waals surface area contributed by atoms with E-state index in [0.717, 1.165) is 0 Å². The van der Waals surface area contributed by atoms with Gasteiger partial charge in [-0.25, -0.2) is 4.39 Å². The van der Waals surface area contributed by atoms with Crippen LogP contribution >= 0.6 is 0 Å². The molecule has 3 saturated heterocycles. The Hall–Kier alpha value is -2.70. The lowest BCUT2D eigenvalue weighted by Crippen LogP contribution is -2.53. The first-order valence-electron chi connectivity index (χ1n) is 13.6. The minimum absolute atomic E-state index is 0.0752. The summed E-state index contributed by atoms with van der Waals surface area (Å²) in [6.07, 6.45) is -10.3. The van der Waals surface area contributed by atoms with E-state index in [0.29, 0.717) is 50.0 Å². The Morgan fingerprint density at radius 3 is 2.10 bits per heavy atom. The lowest BCUT2D eigenvalue weighted by molar-refractivity contribution is -0.143. The van der Waals surface area contributed by atoms with Crippen molar-refractivity contribution in [1.29, 1.82) is 0 Å². The normalized spacial score (nSPS) is 27.2. The number of aliphatic hydroxyl groups excluding tert-OH is 1. The maximum absolute atomic E-state index is 13.8. The molecule has 3 aliphatic rings. The summed E-state index contributed by atoms with van der Waals surface area (Å²) in [5.41, 5.74) is -2.48.